The van der Waals surface area contributed by atoms with Crippen LogP contribution in [-0.4, -0.2) is 55.2 Å². The standard InChI is InChI=1S/C16H22N2O4S2/c1-10-11(2)24-13(12(10)14(19)20-3)17-15(23)18-6-4-16(5-7-18)21-8-9-22-16/h4-9H2,1-3H3,(H,17,23). The molecular formula is C16H22N2O4S2. The van der Waals surface area contributed by atoms with Gasteiger partial charge in [-0.25, -0.2) is 4.79 Å². The van der Waals surface area contributed by atoms with Crippen LogP contribution in [0, 0.1) is 13.8 Å². The Balaban J connectivity index is 1.67. The number of hydrogen-bond donors (Lipinski definition) is 1. The van der Waals surface area contributed by atoms with Crippen LogP contribution in [0.25, 0.3) is 0 Å². The SMILES string of the molecule is COC(=O)c1c(NC(=S)N2CCC3(CC2)OCCO3)sc(C)c1C. The number of rotatable bonds is 2. The number of nitrogens with zero attached hydrogens (tertiary/aromatic N) is 1. The van der Waals surface area contributed by atoms with E-state index in [2.05, 4.69) is 10.2 Å². The van der Waals surface area contributed by atoms with Crippen LogP contribution in [0.1, 0.15) is 33.6 Å². The van der Waals surface area contributed by atoms with Crippen LogP contribution in [0.3, 0.4) is 0 Å². The molecule has 132 valence electrons. The number of nitrogens with one attached hydrogen (secondary N) is 1. The van der Waals surface area contributed by atoms with Crippen molar-refractivity contribution in [3.8, 4) is 0 Å². The highest BCUT2D eigenvalue weighted by Gasteiger charge is 2.40. The minimum atomic E-state index is -0.417. The van der Waals surface area contributed by atoms with Gasteiger partial charge in [-0.05, 0) is 31.6 Å². The third-order valence-corrected chi connectivity index (χ3v) is 6.10. The Kier molecular flexibility index (Phi) is 5.10. The smallest absolute Gasteiger partial charge is 0.341 e. The quantitative estimate of drug-likeness (QED) is 0.634. The molecule has 1 aromatic rings. The first kappa shape index (κ1) is 17.6. The van der Waals surface area contributed by atoms with Crippen molar-refractivity contribution in [2.75, 3.05) is 38.7 Å². The number of carbonyl (C=O) groups is 1. The summed E-state index contributed by atoms with van der Waals surface area (Å²) in [5.41, 5.74) is 1.50. The molecular weight excluding hydrogens is 348 g/mol. The molecule has 2 aliphatic heterocycles. The molecule has 2 saturated heterocycles. The number of carbonyl (C=O) groups excluding carboxylic acids is 1. The second-order valence-electron chi connectivity index (χ2n) is 6.00. The molecule has 1 spiro atoms. The molecule has 2 aliphatic rings. The number of likely N-dealkylation sites (tertiary alicyclic amines) is 1. The number of esters is 1. The molecule has 1 N–H and O–H groups in total. The third-order valence-electron chi connectivity index (χ3n) is 4.62. The number of piperidine rings is 1. The lowest BCUT2D eigenvalue weighted by atomic mass is 10.0. The van der Waals surface area contributed by atoms with Crippen molar-refractivity contribution in [1.82, 2.24) is 4.90 Å². The van der Waals surface area contributed by atoms with Gasteiger partial charge in [0.1, 0.15) is 5.00 Å². The molecule has 0 bridgehead atoms. The van der Waals surface area contributed by atoms with Gasteiger partial charge in [0.2, 0.25) is 0 Å². The minimum Gasteiger partial charge on any atom is -0.465 e. The Morgan fingerprint density at radius 1 is 1.29 bits per heavy atom. The highest BCUT2D eigenvalue weighted by atomic mass is 32.1. The monoisotopic (exact) mass is 370 g/mol. The van der Waals surface area contributed by atoms with E-state index in [0.717, 1.165) is 41.4 Å². The highest BCUT2D eigenvalue weighted by molar-refractivity contribution is 7.80. The molecule has 0 saturated carbocycles. The Labute approximate surface area is 151 Å². The van der Waals surface area contributed by atoms with Gasteiger partial charge in [-0.2, -0.15) is 0 Å². The number of thiophene rings is 1. The van der Waals surface area contributed by atoms with Gasteiger partial charge in [-0.15, -0.1) is 11.3 Å². The maximum atomic E-state index is 12.1. The van der Waals surface area contributed by atoms with Gasteiger partial charge in [0.05, 0.1) is 25.9 Å². The van der Waals surface area contributed by atoms with E-state index in [4.69, 9.17) is 26.4 Å². The van der Waals surface area contributed by atoms with E-state index in [1.165, 1.54) is 18.4 Å². The Morgan fingerprint density at radius 3 is 2.50 bits per heavy atom. The average Bonchev–Trinajstić information content (AvgIpc) is 3.13. The lowest BCUT2D eigenvalue weighted by Gasteiger charge is -2.38. The van der Waals surface area contributed by atoms with Gasteiger partial charge < -0.3 is 24.4 Å². The molecule has 0 radical (unpaired) electrons. The predicted octanol–water partition coefficient (Wildman–Crippen LogP) is 2.69. The van der Waals surface area contributed by atoms with Crippen molar-refractivity contribution in [2.45, 2.75) is 32.5 Å². The van der Waals surface area contributed by atoms with Gasteiger partial charge in [0.25, 0.3) is 0 Å². The van der Waals surface area contributed by atoms with E-state index in [1.54, 1.807) is 0 Å². The molecule has 3 heterocycles. The molecule has 0 atom stereocenters. The first-order valence-corrected chi connectivity index (χ1v) is 9.20. The summed E-state index contributed by atoms with van der Waals surface area (Å²) in [7, 11) is 1.39. The maximum absolute atomic E-state index is 12.1. The van der Waals surface area contributed by atoms with Crippen LogP contribution in [0.2, 0.25) is 0 Å². The number of hydrogen-bond acceptors (Lipinski definition) is 6. The van der Waals surface area contributed by atoms with Crippen LogP contribution in [0.5, 0.6) is 0 Å². The zero-order valence-corrected chi connectivity index (χ0v) is 15.8. The number of ether oxygens (including phenoxy) is 3. The van der Waals surface area contributed by atoms with Crippen LogP contribution >= 0.6 is 23.6 Å². The van der Waals surface area contributed by atoms with E-state index in [9.17, 15) is 4.79 Å². The summed E-state index contributed by atoms with van der Waals surface area (Å²) in [6.45, 7) is 6.77. The summed E-state index contributed by atoms with van der Waals surface area (Å²) in [6, 6.07) is 0. The molecule has 2 fully saturated rings. The van der Waals surface area contributed by atoms with E-state index in [1.807, 2.05) is 13.8 Å². The molecule has 24 heavy (non-hydrogen) atoms. The zero-order chi connectivity index (χ0) is 17.3. The molecule has 8 heteroatoms. The Morgan fingerprint density at radius 2 is 1.92 bits per heavy atom. The van der Waals surface area contributed by atoms with Crippen LogP contribution in [0.15, 0.2) is 0 Å². The first-order valence-electron chi connectivity index (χ1n) is 7.98. The second-order valence-corrected chi connectivity index (χ2v) is 7.62. The van der Waals surface area contributed by atoms with Crippen molar-refractivity contribution < 1.29 is 19.0 Å². The average molecular weight is 370 g/mol. The molecule has 0 aromatic carbocycles. The van der Waals surface area contributed by atoms with Crippen molar-refractivity contribution >= 4 is 39.6 Å². The maximum Gasteiger partial charge on any atom is 0.341 e. The third kappa shape index (κ3) is 3.28. The number of thiocarbonyl (C=S) groups is 1. The van der Waals surface area contributed by atoms with Gasteiger partial charge in [-0.1, -0.05) is 0 Å². The molecule has 6 nitrogen and oxygen atoms in total. The molecule has 0 aliphatic carbocycles. The van der Waals surface area contributed by atoms with Crippen LogP contribution in [-0.2, 0) is 14.2 Å². The summed E-state index contributed by atoms with van der Waals surface area (Å²) in [6.07, 6.45) is 1.59. The van der Waals surface area contributed by atoms with Crippen LogP contribution < -0.4 is 5.32 Å². The number of methoxy groups -OCH3 is 1. The Bertz CT molecular complexity index is 643. The fourth-order valence-electron chi connectivity index (χ4n) is 3.08. The first-order chi connectivity index (χ1) is 11.5. The molecule has 0 amide bonds. The van der Waals surface area contributed by atoms with Gasteiger partial charge >= 0.3 is 5.97 Å². The normalized spacial score (nSPS) is 19.5. The summed E-state index contributed by atoms with van der Waals surface area (Å²) < 4.78 is 16.4. The second kappa shape index (κ2) is 6.95. The van der Waals surface area contributed by atoms with Crippen molar-refractivity contribution in [1.29, 1.82) is 0 Å². The lowest BCUT2D eigenvalue weighted by Crippen LogP contribution is -2.48. The predicted molar refractivity (Wildman–Crippen MR) is 96.8 cm³/mol. The van der Waals surface area contributed by atoms with Gasteiger partial charge in [0, 0.05) is 30.8 Å². The zero-order valence-electron chi connectivity index (χ0n) is 14.1. The van der Waals surface area contributed by atoms with Gasteiger partial charge in [-0.3, -0.25) is 0 Å². The largest absolute Gasteiger partial charge is 0.465 e. The summed E-state index contributed by atoms with van der Waals surface area (Å²) >= 11 is 7.06. The van der Waals surface area contributed by atoms with E-state index in [0.29, 0.717) is 23.9 Å². The summed E-state index contributed by atoms with van der Waals surface area (Å²) in [5.74, 6) is -0.758. The molecule has 3 rings (SSSR count). The number of aryl methyl sites for hydroxylation is 1. The van der Waals surface area contributed by atoms with Crippen molar-refractivity contribution in [3.05, 3.63) is 16.0 Å². The van der Waals surface area contributed by atoms with E-state index in [-0.39, 0.29) is 5.97 Å². The van der Waals surface area contributed by atoms with Crippen molar-refractivity contribution in [3.63, 3.8) is 0 Å². The van der Waals surface area contributed by atoms with Crippen LogP contribution in [0.4, 0.5) is 5.00 Å². The van der Waals surface area contributed by atoms with Crippen molar-refractivity contribution in [2.24, 2.45) is 0 Å². The van der Waals surface area contributed by atoms with E-state index < -0.39 is 5.79 Å². The van der Waals surface area contributed by atoms with E-state index >= 15 is 0 Å². The highest BCUT2D eigenvalue weighted by Crippen LogP contribution is 2.34. The minimum absolute atomic E-state index is 0.340. The number of anilines is 1. The lowest BCUT2D eigenvalue weighted by molar-refractivity contribution is -0.180. The topological polar surface area (TPSA) is 60.0 Å². The fourth-order valence-corrected chi connectivity index (χ4v) is 4.47. The summed E-state index contributed by atoms with van der Waals surface area (Å²) in [4.78, 5) is 15.2. The Hall–Kier alpha value is -1.22. The molecule has 1 aromatic heterocycles. The van der Waals surface area contributed by atoms with Gasteiger partial charge in [0.15, 0.2) is 10.9 Å². The fraction of sp³-hybridized carbons (Fsp3) is 0.625. The molecule has 0 unspecified atom stereocenters. The summed E-state index contributed by atoms with van der Waals surface area (Å²) in [5, 5.41) is 4.60.